The van der Waals surface area contributed by atoms with E-state index in [2.05, 4.69) is 145 Å². The number of benzene rings is 5. The van der Waals surface area contributed by atoms with Gasteiger partial charge in [-0.05, 0) is 65.1 Å². The van der Waals surface area contributed by atoms with Gasteiger partial charge >= 0.3 is 0 Å². The number of hydrogen-bond donors (Lipinski definition) is 0. The third-order valence-electron chi connectivity index (χ3n) is 5.82. The Kier molecular flexibility index (Phi) is 5.55. The molecule has 0 heterocycles. The van der Waals surface area contributed by atoms with Crippen LogP contribution in [-0.2, 0) is 0 Å². The molecule has 1 nitrogen and oxygen atoms in total. The lowest BCUT2D eigenvalue weighted by molar-refractivity contribution is 1.25. The van der Waals surface area contributed by atoms with Gasteiger partial charge in [-0.25, -0.2) is 0 Å². The number of para-hydroxylation sites is 1. The topological polar surface area (TPSA) is 3.24 Å². The number of anilines is 3. The summed E-state index contributed by atoms with van der Waals surface area (Å²) in [5, 5.41) is 0. The average Bonchev–Trinajstić information content (AvgIpc) is 2.87. The zero-order valence-corrected chi connectivity index (χ0v) is 18.1. The highest BCUT2D eigenvalue weighted by molar-refractivity contribution is 5.81. The van der Waals surface area contributed by atoms with E-state index in [1.807, 2.05) is 0 Å². The summed E-state index contributed by atoms with van der Waals surface area (Å²) in [7, 11) is 0. The van der Waals surface area contributed by atoms with Crippen LogP contribution in [0.3, 0.4) is 0 Å². The molecule has 0 amide bonds. The molecule has 0 aliphatic heterocycles. The summed E-state index contributed by atoms with van der Waals surface area (Å²) >= 11 is 0. The molecule has 0 saturated carbocycles. The summed E-state index contributed by atoms with van der Waals surface area (Å²) in [5.41, 5.74) is 9.62. The molecule has 0 aliphatic rings. The standard InChI is InChI=1S/C31H25N/c1-24-10-8-9-15-31(24)32(29-20-16-27(17-21-29)25-11-4-2-5-12-25)30-22-18-28(19-23-30)26-13-6-3-7-14-26/h2-23H,1H3. The molecule has 0 N–H and O–H groups in total. The van der Waals surface area contributed by atoms with Crippen LogP contribution in [-0.4, -0.2) is 0 Å². The maximum Gasteiger partial charge on any atom is 0.0490 e. The fraction of sp³-hybridized carbons (Fsp3) is 0.0323. The first-order valence-corrected chi connectivity index (χ1v) is 11.0. The highest BCUT2D eigenvalue weighted by atomic mass is 15.1. The van der Waals surface area contributed by atoms with Crippen molar-refractivity contribution in [3.8, 4) is 22.3 Å². The van der Waals surface area contributed by atoms with Gasteiger partial charge in [0.05, 0.1) is 0 Å². The summed E-state index contributed by atoms with van der Waals surface area (Å²) in [4.78, 5) is 2.33. The Morgan fingerprint density at radius 1 is 0.375 bits per heavy atom. The molecular weight excluding hydrogens is 386 g/mol. The molecule has 154 valence electrons. The first-order valence-electron chi connectivity index (χ1n) is 11.0. The van der Waals surface area contributed by atoms with Crippen LogP contribution in [0.1, 0.15) is 5.56 Å². The van der Waals surface area contributed by atoms with Crippen molar-refractivity contribution in [1.82, 2.24) is 0 Å². The van der Waals surface area contributed by atoms with Crippen LogP contribution >= 0.6 is 0 Å². The molecule has 0 fully saturated rings. The summed E-state index contributed by atoms with van der Waals surface area (Å²) in [6.07, 6.45) is 0. The third-order valence-corrected chi connectivity index (χ3v) is 5.82. The minimum absolute atomic E-state index is 1.14. The predicted octanol–water partition coefficient (Wildman–Crippen LogP) is 8.80. The Balaban J connectivity index is 1.55. The SMILES string of the molecule is Cc1ccccc1N(c1ccc(-c2ccccc2)cc1)c1ccc(-c2ccccc2)cc1. The predicted molar refractivity (Wildman–Crippen MR) is 137 cm³/mol. The van der Waals surface area contributed by atoms with Crippen LogP contribution in [0.25, 0.3) is 22.3 Å². The van der Waals surface area contributed by atoms with Crippen molar-refractivity contribution in [1.29, 1.82) is 0 Å². The van der Waals surface area contributed by atoms with Crippen LogP contribution in [0.2, 0.25) is 0 Å². The molecule has 0 atom stereocenters. The Morgan fingerprint density at radius 3 is 1.19 bits per heavy atom. The fourth-order valence-electron chi connectivity index (χ4n) is 4.11. The smallest absolute Gasteiger partial charge is 0.0490 e. The molecule has 5 rings (SSSR count). The molecular formula is C31H25N. The Bertz CT molecular complexity index is 1210. The van der Waals surface area contributed by atoms with Crippen LogP contribution in [0.5, 0.6) is 0 Å². The lowest BCUT2D eigenvalue weighted by atomic mass is 10.0. The van der Waals surface area contributed by atoms with Gasteiger partial charge < -0.3 is 4.90 Å². The summed E-state index contributed by atoms with van der Waals surface area (Å²) < 4.78 is 0. The van der Waals surface area contributed by atoms with Gasteiger partial charge in [-0.3, -0.25) is 0 Å². The number of rotatable bonds is 5. The summed E-state index contributed by atoms with van der Waals surface area (Å²) in [6.45, 7) is 2.17. The van der Waals surface area contributed by atoms with E-state index >= 15 is 0 Å². The summed E-state index contributed by atoms with van der Waals surface area (Å²) in [6, 6.07) is 47.2. The number of hydrogen-bond acceptors (Lipinski definition) is 1. The molecule has 1 heteroatoms. The molecule has 0 spiro atoms. The molecule has 0 saturated heterocycles. The third kappa shape index (κ3) is 4.06. The average molecular weight is 412 g/mol. The zero-order valence-electron chi connectivity index (χ0n) is 18.1. The lowest BCUT2D eigenvalue weighted by Crippen LogP contribution is -2.11. The largest absolute Gasteiger partial charge is 0.310 e. The summed E-state index contributed by atoms with van der Waals surface area (Å²) in [5.74, 6) is 0. The maximum atomic E-state index is 2.33. The molecule has 0 aromatic heterocycles. The van der Waals surface area contributed by atoms with E-state index in [4.69, 9.17) is 0 Å². The molecule has 5 aromatic carbocycles. The highest BCUT2D eigenvalue weighted by Crippen LogP contribution is 2.38. The molecule has 0 unspecified atom stereocenters. The first-order chi connectivity index (χ1) is 15.8. The van der Waals surface area contributed by atoms with Crippen molar-refractivity contribution >= 4 is 17.1 Å². The molecule has 5 aromatic rings. The van der Waals surface area contributed by atoms with Crippen LogP contribution in [0.15, 0.2) is 133 Å². The molecule has 0 radical (unpaired) electrons. The second kappa shape index (κ2) is 8.95. The van der Waals surface area contributed by atoms with Gasteiger partial charge in [-0.15, -0.1) is 0 Å². The monoisotopic (exact) mass is 411 g/mol. The Morgan fingerprint density at radius 2 is 0.750 bits per heavy atom. The van der Waals surface area contributed by atoms with E-state index in [9.17, 15) is 0 Å². The van der Waals surface area contributed by atoms with Crippen molar-refractivity contribution in [3.63, 3.8) is 0 Å². The van der Waals surface area contributed by atoms with Crippen molar-refractivity contribution in [3.05, 3.63) is 139 Å². The molecule has 32 heavy (non-hydrogen) atoms. The van der Waals surface area contributed by atoms with E-state index < -0.39 is 0 Å². The lowest BCUT2D eigenvalue weighted by Gasteiger charge is -2.27. The Labute approximate surface area is 190 Å². The minimum Gasteiger partial charge on any atom is -0.310 e. The second-order valence-corrected chi connectivity index (χ2v) is 7.95. The van der Waals surface area contributed by atoms with Crippen LogP contribution in [0.4, 0.5) is 17.1 Å². The van der Waals surface area contributed by atoms with E-state index in [0.29, 0.717) is 0 Å². The van der Waals surface area contributed by atoms with Gasteiger partial charge in [-0.2, -0.15) is 0 Å². The van der Waals surface area contributed by atoms with Crippen molar-refractivity contribution < 1.29 is 0 Å². The van der Waals surface area contributed by atoms with E-state index in [1.165, 1.54) is 33.5 Å². The quantitative estimate of drug-likeness (QED) is 0.279. The van der Waals surface area contributed by atoms with Gasteiger partial charge in [0.2, 0.25) is 0 Å². The van der Waals surface area contributed by atoms with Gasteiger partial charge in [0.25, 0.3) is 0 Å². The fourth-order valence-corrected chi connectivity index (χ4v) is 4.11. The van der Waals surface area contributed by atoms with Gasteiger partial charge in [0.1, 0.15) is 0 Å². The minimum atomic E-state index is 1.14. The highest BCUT2D eigenvalue weighted by Gasteiger charge is 2.14. The van der Waals surface area contributed by atoms with Gasteiger partial charge in [0.15, 0.2) is 0 Å². The van der Waals surface area contributed by atoms with Crippen LogP contribution in [0, 0.1) is 6.92 Å². The van der Waals surface area contributed by atoms with Crippen molar-refractivity contribution in [2.75, 3.05) is 4.90 Å². The first kappa shape index (κ1) is 19.8. The van der Waals surface area contributed by atoms with Crippen molar-refractivity contribution in [2.45, 2.75) is 6.92 Å². The number of nitrogens with zero attached hydrogens (tertiary/aromatic N) is 1. The van der Waals surface area contributed by atoms with Crippen molar-refractivity contribution in [2.24, 2.45) is 0 Å². The Hall–Kier alpha value is -4.10. The zero-order chi connectivity index (χ0) is 21.8. The van der Waals surface area contributed by atoms with E-state index in [0.717, 1.165) is 11.4 Å². The van der Waals surface area contributed by atoms with Gasteiger partial charge in [-0.1, -0.05) is 103 Å². The number of aryl methyl sites for hydroxylation is 1. The van der Waals surface area contributed by atoms with Crippen LogP contribution < -0.4 is 4.90 Å². The van der Waals surface area contributed by atoms with E-state index in [-0.39, 0.29) is 0 Å². The van der Waals surface area contributed by atoms with E-state index in [1.54, 1.807) is 0 Å². The molecule has 0 bridgehead atoms. The second-order valence-electron chi connectivity index (χ2n) is 7.95. The van der Waals surface area contributed by atoms with Gasteiger partial charge in [0, 0.05) is 17.1 Å². The maximum absolute atomic E-state index is 2.33. The normalized spacial score (nSPS) is 10.7. The molecule has 0 aliphatic carbocycles.